The Kier molecular flexibility index (Phi) is 3.58. The van der Waals surface area contributed by atoms with E-state index in [4.69, 9.17) is 16.9 Å². The van der Waals surface area contributed by atoms with Gasteiger partial charge in [0.25, 0.3) is 5.56 Å². The Morgan fingerprint density at radius 3 is 2.70 bits per heavy atom. The van der Waals surface area contributed by atoms with Crippen molar-refractivity contribution in [2.45, 2.75) is 6.92 Å². The molecule has 0 spiro atoms. The highest BCUT2D eigenvalue weighted by atomic mass is 35.5. The molecule has 0 N–H and O–H groups in total. The van der Waals surface area contributed by atoms with E-state index in [1.54, 1.807) is 14.0 Å². The number of aryl methyl sites for hydroxylation is 1. The van der Waals surface area contributed by atoms with Crippen molar-refractivity contribution in [1.29, 1.82) is 5.26 Å². The lowest BCUT2D eigenvalue weighted by Crippen LogP contribution is -2.21. The van der Waals surface area contributed by atoms with Gasteiger partial charge in [-0.3, -0.25) is 9.36 Å². The van der Waals surface area contributed by atoms with Crippen molar-refractivity contribution in [3.05, 3.63) is 57.0 Å². The van der Waals surface area contributed by atoms with E-state index in [0.717, 1.165) is 6.07 Å². The second-order valence-electron chi connectivity index (χ2n) is 5.02. The highest BCUT2D eigenvalue weighted by Gasteiger charge is 2.17. The topological polar surface area (TPSA) is 71.6 Å². The van der Waals surface area contributed by atoms with Crippen LogP contribution >= 0.6 is 11.6 Å². The van der Waals surface area contributed by atoms with E-state index in [1.807, 2.05) is 6.07 Å². The molecule has 0 amide bonds. The van der Waals surface area contributed by atoms with Gasteiger partial charge in [-0.1, -0.05) is 11.6 Å². The summed E-state index contributed by atoms with van der Waals surface area (Å²) >= 11 is 5.99. The number of fused-ring (bicyclic) bond motifs is 1. The molecule has 0 unspecified atom stereocenters. The molecule has 2 heterocycles. The second kappa shape index (κ2) is 5.45. The number of pyridine rings is 1. The largest absolute Gasteiger partial charge is 0.299 e. The molecule has 0 aliphatic heterocycles. The summed E-state index contributed by atoms with van der Waals surface area (Å²) in [6.45, 7) is 1.67. The average molecular weight is 329 g/mol. The first kappa shape index (κ1) is 15.1. The number of rotatable bonds is 1. The fraction of sp³-hybridized carbons (Fsp3) is 0.125. The summed E-state index contributed by atoms with van der Waals surface area (Å²) in [6, 6.07) is 7.29. The summed E-state index contributed by atoms with van der Waals surface area (Å²) in [5.41, 5.74) is 0.496. The van der Waals surface area contributed by atoms with Gasteiger partial charge in [0, 0.05) is 12.6 Å². The molecule has 23 heavy (non-hydrogen) atoms. The predicted octanol–water partition coefficient (Wildman–Crippen LogP) is 2.97. The van der Waals surface area contributed by atoms with Crippen LogP contribution in [-0.2, 0) is 7.05 Å². The summed E-state index contributed by atoms with van der Waals surface area (Å²) in [7, 11) is 1.60. The van der Waals surface area contributed by atoms with Crippen LogP contribution in [0.5, 0.6) is 0 Å². The Morgan fingerprint density at radius 1 is 1.30 bits per heavy atom. The van der Waals surface area contributed by atoms with E-state index in [9.17, 15) is 9.18 Å². The third kappa shape index (κ3) is 2.45. The number of benzene rings is 1. The Bertz CT molecular complexity index is 1050. The molecule has 1 aromatic carbocycles. The molecule has 114 valence electrons. The second-order valence-corrected chi connectivity index (χ2v) is 5.41. The van der Waals surface area contributed by atoms with Gasteiger partial charge in [0.1, 0.15) is 28.0 Å². The van der Waals surface area contributed by atoms with Crippen LogP contribution in [0, 0.1) is 24.1 Å². The normalized spacial score (nSPS) is 10.7. The fourth-order valence-corrected chi connectivity index (χ4v) is 2.51. The van der Waals surface area contributed by atoms with Crippen LogP contribution in [0.4, 0.5) is 4.39 Å². The smallest absolute Gasteiger partial charge is 0.261 e. The van der Waals surface area contributed by atoms with E-state index in [1.165, 1.54) is 22.8 Å². The minimum Gasteiger partial charge on any atom is -0.299 e. The molecule has 2 aromatic heterocycles. The van der Waals surface area contributed by atoms with Gasteiger partial charge in [-0.25, -0.2) is 14.4 Å². The molecule has 5 nitrogen and oxygen atoms in total. The summed E-state index contributed by atoms with van der Waals surface area (Å²) < 4.78 is 15.7. The maximum Gasteiger partial charge on any atom is 0.261 e. The molecule has 0 aliphatic rings. The predicted molar refractivity (Wildman–Crippen MR) is 84.6 cm³/mol. The number of hydrogen-bond donors (Lipinski definition) is 0. The molecule has 3 rings (SSSR count). The first-order valence-corrected chi connectivity index (χ1v) is 7.04. The van der Waals surface area contributed by atoms with E-state index < -0.39 is 5.82 Å². The van der Waals surface area contributed by atoms with E-state index in [-0.39, 0.29) is 38.4 Å². The molecule has 3 aromatic rings. The van der Waals surface area contributed by atoms with E-state index in [2.05, 4.69) is 9.97 Å². The van der Waals surface area contributed by atoms with E-state index in [0.29, 0.717) is 5.82 Å². The molecule has 0 saturated carbocycles. The summed E-state index contributed by atoms with van der Waals surface area (Å²) in [6.07, 6.45) is 0. The van der Waals surface area contributed by atoms with Crippen molar-refractivity contribution < 1.29 is 4.39 Å². The van der Waals surface area contributed by atoms with Gasteiger partial charge in [0.05, 0.1) is 17.0 Å². The number of aromatic nitrogens is 3. The van der Waals surface area contributed by atoms with Crippen LogP contribution in [0.1, 0.15) is 11.4 Å². The zero-order chi connectivity index (χ0) is 16.7. The Balaban J connectivity index is 2.43. The average Bonchev–Trinajstić information content (AvgIpc) is 2.53. The molecule has 0 bridgehead atoms. The van der Waals surface area contributed by atoms with Gasteiger partial charge in [-0.2, -0.15) is 5.26 Å². The third-order valence-electron chi connectivity index (χ3n) is 3.61. The molecule has 0 saturated heterocycles. The zero-order valence-electron chi connectivity index (χ0n) is 12.3. The number of halogens is 2. The van der Waals surface area contributed by atoms with Crippen LogP contribution in [0.3, 0.4) is 0 Å². The minimum atomic E-state index is -0.625. The van der Waals surface area contributed by atoms with E-state index >= 15 is 0 Å². The summed E-state index contributed by atoms with van der Waals surface area (Å²) in [4.78, 5) is 20.8. The number of nitrogens with zero attached hydrogens (tertiary/aromatic N) is 4. The standard InChI is InChI=1S/C16H10ClFN4O/c1-8-20-15-11(16(23)22(8)2)6-13(17)21-14(15)10-4-3-9(7-19)5-12(10)18/h3-6H,1-2H3. The van der Waals surface area contributed by atoms with Crippen molar-refractivity contribution in [2.75, 3.05) is 0 Å². The van der Waals surface area contributed by atoms with Gasteiger partial charge >= 0.3 is 0 Å². The van der Waals surface area contributed by atoms with Crippen LogP contribution < -0.4 is 5.56 Å². The van der Waals surface area contributed by atoms with Crippen molar-refractivity contribution in [1.82, 2.24) is 14.5 Å². The van der Waals surface area contributed by atoms with Gasteiger partial charge in [0.15, 0.2) is 0 Å². The highest BCUT2D eigenvalue weighted by molar-refractivity contribution is 6.30. The van der Waals surface area contributed by atoms with Crippen molar-refractivity contribution >= 4 is 22.5 Å². The SMILES string of the molecule is Cc1nc2c(-c3ccc(C#N)cc3F)nc(Cl)cc2c(=O)n1C. The van der Waals surface area contributed by atoms with Crippen molar-refractivity contribution in [3.63, 3.8) is 0 Å². The van der Waals surface area contributed by atoms with Gasteiger partial charge in [0.2, 0.25) is 0 Å². The van der Waals surface area contributed by atoms with Crippen LogP contribution in [0.25, 0.3) is 22.2 Å². The lowest BCUT2D eigenvalue weighted by atomic mass is 10.1. The lowest BCUT2D eigenvalue weighted by Gasteiger charge is -2.10. The summed E-state index contributed by atoms with van der Waals surface area (Å²) in [5.74, 6) is -0.151. The minimum absolute atomic E-state index is 0.0685. The van der Waals surface area contributed by atoms with Crippen LogP contribution in [0.15, 0.2) is 29.1 Å². The molecule has 0 fully saturated rings. The Labute approximate surface area is 135 Å². The van der Waals surface area contributed by atoms with Gasteiger partial charge in [-0.05, 0) is 31.2 Å². The number of nitriles is 1. The monoisotopic (exact) mass is 328 g/mol. The highest BCUT2D eigenvalue weighted by Crippen LogP contribution is 2.29. The maximum atomic E-state index is 14.3. The molecular formula is C16H10ClFN4O. The maximum absolute atomic E-state index is 14.3. The van der Waals surface area contributed by atoms with Crippen molar-refractivity contribution in [3.8, 4) is 17.3 Å². The van der Waals surface area contributed by atoms with Crippen LogP contribution in [-0.4, -0.2) is 14.5 Å². The Morgan fingerprint density at radius 2 is 2.04 bits per heavy atom. The molecule has 0 aliphatic carbocycles. The fourth-order valence-electron chi connectivity index (χ4n) is 2.31. The quantitative estimate of drug-likeness (QED) is 0.644. The zero-order valence-corrected chi connectivity index (χ0v) is 13.0. The molecule has 0 atom stereocenters. The molecular weight excluding hydrogens is 319 g/mol. The summed E-state index contributed by atoms with van der Waals surface area (Å²) in [5, 5.41) is 9.16. The van der Waals surface area contributed by atoms with Gasteiger partial charge < -0.3 is 0 Å². The van der Waals surface area contributed by atoms with Crippen molar-refractivity contribution in [2.24, 2.45) is 7.05 Å². The number of hydrogen-bond acceptors (Lipinski definition) is 4. The molecule has 7 heteroatoms. The first-order chi connectivity index (χ1) is 10.9. The first-order valence-electron chi connectivity index (χ1n) is 6.66. The molecule has 0 radical (unpaired) electrons. The lowest BCUT2D eigenvalue weighted by molar-refractivity contribution is 0.630. The van der Waals surface area contributed by atoms with Crippen LogP contribution in [0.2, 0.25) is 5.15 Å². The van der Waals surface area contributed by atoms with Gasteiger partial charge in [-0.15, -0.1) is 0 Å². The third-order valence-corrected chi connectivity index (χ3v) is 3.80. The Hall–Kier alpha value is -2.78.